The van der Waals surface area contributed by atoms with E-state index in [0.29, 0.717) is 11.8 Å². The molecule has 0 amide bonds. The van der Waals surface area contributed by atoms with Crippen LogP contribution in [0.1, 0.15) is 16.1 Å². The summed E-state index contributed by atoms with van der Waals surface area (Å²) in [7, 11) is 0. The number of carboxylic acids is 1. The van der Waals surface area contributed by atoms with Gasteiger partial charge in [0.1, 0.15) is 6.04 Å². The lowest BCUT2D eigenvalue weighted by atomic mass is 10.3. The van der Waals surface area contributed by atoms with Crippen LogP contribution in [0.25, 0.3) is 0 Å². The topological polar surface area (TPSA) is 114 Å². The van der Waals surface area contributed by atoms with Crippen molar-refractivity contribution < 1.29 is 24.2 Å². The summed E-state index contributed by atoms with van der Waals surface area (Å²) in [6.45, 7) is -0.148. The van der Waals surface area contributed by atoms with Gasteiger partial charge in [0, 0.05) is 11.3 Å². The molecule has 1 unspecified atom stereocenters. The maximum absolute atomic E-state index is 10.0. The van der Waals surface area contributed by atoms with E-state index in [4.69, 9.17) is 15.9 Å². The Morgan fingerprint density at radius 3 is 2.56 bits per heavy atom. The van der Waals surface area contributed by atoms with Crippen molar-refractivity contribution in [1.82, 2.24) is 0 Å². The lowest BCUT2D eigenvalue weighted by Crippen LogP contribution is -2.31. The minimum atomic E-state index is -1.00. The highest BCUT2D eigenvalue weighted by molar-refractivity contribution is 7.80. The van der Waals surface area contributed by atoms with E-state index in [0.717, 1.165) is 0 Å². The molecule has 0 saturated carbocycles. The van der Waals surface area contributed by atoms with Crippen LogP contribution in [0.4, 0.5) is 0 Å². The Balaban J connectivity index is 0.000000293. The number of aliphatic carboxylic acids is 1. The number of aliphatic hydroxyl groups is 1. The van der Waals surface area contributed by atoms with Gasteiger partial charge in [-0.15, -0.1) is 0 Å². The van der Waals surface area contributed by atoms with Crippen molar-refractivity contribution in [3.8, 4) is 0 Å². The van der Waals surface area contributed by atoms with E-state index in [2.05, 4.69) is 17.0 Å². The van der Waals surface area contributed by atoms with Gasteiger partial charge < -0.3 is 20.4 Å². The summed E-state index contributed by atoms with van der Waals surface area (Å²) >= 11 is 3.65. The largest absolute Gasteiger partial charge is 0.480 e. The first-order chi connectivity index (χ1) is 7.56. The quantitative estimate of drug-likeness (QED) is 0.437. The van der Waals surface area contributed by atoms with Gasteiger partial charge in [0.05, 0.1) is 12.9 Å². The van der Waals surface area contributed by atoms with Crippen LogP contribution in [0, 0.1) is 0 Å². The number of carboxylic acid groups (broad SMARTS) is 1. The van der Waals surface area contributed by atoms with Gasteiger partial charge in [-0.25, -0.2) is 0 Å². The van der Waals surface area contributed by atoms with E-state index in [1.165, 1.54) is 6.26 Å². The summed E-state index contributed by atoms with van der Waals surface area (Å²) in [6, 6.07) is 0.743. The molecule has 1 aromatic rings. The Labute approximate surface area is 97.5 Å². The summed E-state index contributed by atoms with van der Waals surface area (Å²) in [5.74, 6) is -0.609. The maximum Gasteiger partial charge on any atom is 0.321 e. The molecule has 4 N–H and O–H groups in total. The number of carbonyl (C=O) groups excluding carboxylic acids is 1. The monoisotopic (exact) mass is 247 g/mol. The fraction of sp³-hybridized carbons (Fsp3) is 0.333. The van der Waals surface area contributed by atoms with Crippen LogP contribution in [-0.4, -0.2) is 34.3 Å². The van der Waals surface area contributed by atoms with Crippen LogP contribution in [0.5, 0.6) is 0 Å². The van der Waals surface area contributed by atoms with Crippen LogP contribution in [0.2, 0.25) is 0 Å². The highest BCUT2D eigenvalue weighted by Crippen LogP contribution is 2.06. The lowest BCUT2D eigenvalue weighted by molar-refractivity contribution is -0.137. The molecule has 0 bridgehead atoms. The Morgan fingerprint density at radius 2 is 2.31 bits per heavy atom. The highest BCUT2D eigenvalue weighted by atomic mass is 32.1. The van der Waals surface area contributed by atoms with Crippen LogP contribution >= 0.6 is 12.6 Å². The smallest absolute Gasteiger partial charge is 0.321 e. The minimum Gasteiger partial charge on any atom is -0.480 e. The summed E-state index contributed by atoms with van der Waals surface area (Å²) in [6.07, 6.45) is 1.95. The number of hydrogen-bond donors (Lipinski definition) is 4. The molecule has 1 heterocycles. The molecule has 7 heteroatoms. The molecule has 90 valence electrons. The normalized spacial score (nSPS) is 11.2. The van der Waals surface area contributed by atoms with Gasteiger partial charge >= 0.3 is 5.97 Å². The van der Waals surface area contributed by atoms with E-state index < -0.39 is 12.0 Å². The van der Waals surface area contributed by atoms with Gasteiger partial charge in [-0.1, -0.05) is 0 Å². The van der Waals surface area contributed by atoms with Crippen molar-refractivity contribution in [2.45, 2.75) is 12.6 Å². The van der Waals surface area contributed by atoms with Gasteiger partial charge in [-0.3, -0.25) is 9.59 Å². The third-order valence-electron chi connectivity index (χ3n) is 1.57. The number of rotatable bonds is 4. The molecule has 0 fully saturated rings. The number of furan rings is 1. The van der Waals surface area contributed by atoms with Crippen molar-refractivity contribution in [2.75, 3.05) is 5.75 Å². The number of thiol groups is 1. The van der Waals surface area contributed by atoms with Crippen molar-refractivity contribution >= 4 is 24.9 Å². The van der Waals surface area contributed by atoms with Gasteiger partial charge in [0.15, 0.2) is 12.0 Å². The molecule has 0 aliphatic heterocycles. The molecule has 1 rings (SSSR count). The summed E-state index contributed by atoms with van der Waals surface area (Å²) < 4.78 is 4.68. The van der Waals surface area contributed by atoms with E-state index in [9.17, 15) is 9.59 Å². The number of hydrogen-bond acceptors (Lipinski definition) is 6. The molecule has 0 radical (unpaired) electrons. The predicted octanol–water partition coefficient (Wildman–Crippen LogP) is -0.0875. The van der Waals surface area contributed by atoms with Crippen LogP contribution < -0.4 is 5.73 Å². The van der Waals surface area contributed by atoms with Crippen molar-refractivity contribution in [3.63, 3.8) is 0 Å². The minimum absolute atomic E-state index is 0.148. The fourth-order valence-corrected chi connectivity index (χ4v) is 0.816. The molecule has 16 heavy (non-hydrogen) atoms. The molecular formula is C9H13NO5S. The third-order valence-corrected chi connectivity index (χ3v) is 1.97. The first kappa shape index (κ1) is 14.7. The molecule has 1 aromatic heterocycles. The van der Waals surface area contributed by atoms with E-state index in [1.54, 1.807) is 6.07 Å². The number of nitrogens with two attached hydrogens (primary N) is 1. The zero-order valence-corrected chi connectivity index (χ0v) is 9.26. The standard InChI is InChI=1S/C6H6O3.C3H7NO2S/c7-3-5-1-2-9-6(5)4-8;4-2(1-7)3(5)6/h1-2,4,7H,3H2;2,7H,1,4H2,(H,5,6). The van der Waals surface area contributed by atoms with Gasteiger partial charge in [0.25, 0.3) is 0 Å². The van der Waals surface area contributed by atoms with Crippen LogP contribution in [0.3, 0.4) is 0 Å². The van der Waals surface area contributed by atoms with E-state index >= 15 is 0 Å². The van der Waals surface area contributed by atoms with Crippen molar-refractivity contribution in [2.24, 2.45) is 5.73 Å². The average Bonchev–Trinajstić information content (AvgIpc) is 2.75. The molecule has 0 saturated heterocycles. The predicted molar refractivity (Wildman–Crippen MR) is 59.5 cm³/mol. The highest BCUT2D eigenvalue weighted by Gasteiger charge is 2.06. The first-order valence-corrected chi connectivity index (χ1v) is 4.91. The van der Waals surface area contributed by atoms with Crippen molar-refractivity contribution in [1.29, 1.82) is 0 Å². The fourth-order valence-electron chi connectivity index (χ4n) is 0.659. The zero-order valence-electron chi connectivity index (χ0n) is 8.37. The molecule has 6 nitrogen and oxygen atoms in total. The van der Waals surface area contributed by atoms with E-state index in [-0.39, 0.29) is 18.1 Å². The molecule has 0 aliphatic rings. The molecule has 1 atom stereocenters. The number of carbonyl (C=O) groups is 2. The first-order valence-electron chi connectivity index (χ1n) is 4.28. The molecule has 0 spiro atoms. The van der Waals surface area contributed by atoms with Crippen LogP contribution in [0.15, 0.2) is 16.7 Å². The Bertz CT molecular complexity index is 338. The second-order valence-electron chi connectivity index (χ2n) is 2.71. The summed E-state index contributed by atoms with van der Waals surface area (Å²) in [4.78, 5) is 19.8. The Hall–Kier alpha value is -1.31. The molecule has 0 aromatic carbocycles. The summed E-state index contributed by atoms with van der Waals surface area (Å²) in [5, 5.41) is 16.5. The van der Waals surface area contributed by atoms with Gasteiger partial charge in [0.2, 0.25) is 0 Å². The lowest BCUT2D eigenvalue weighted by Gasteiger charge is -1.96. The maximum atomic E-state index is 10.0. The number of aldehydes is 1. The Kier molecular flexibility index (Phi) is 7.27. The SMILES string of the molecule is NC(CS)C(=O)O.O=Cc1occc1CO. The third kappa shape index (κ3) is 4.96. The zero-order chi connectivity index (χ0) is 12.6. The number of aliphatic hydroxyl groups excluding tert-OH is 1. The van der Waals surface area contributed by atoms with Crippen LogP contribution in [-0.2, 0) is 11.4 Å². The van der Waals surface area contributed by atoms with Crippen molar-refractivity contribution in [3.05, 3.63) is 23.7 Å². The van der Waals surface area contributed by atoms with Gasteiger partial charge in [-0.2, -0.15) is 12.6 Å². The summed E-state index contributed by atoms with van der Waals surface area (Å²) in [5.41, 5.74) is 5.47. The molecular weight excluding hydrogens is 234 g/mol. The average molecular weight is 247 g/mol. The molecule has 0 aliphatic carbocycles. The second-order valence-corrected chi connectivity index (χ2v) is 3.08. The van der Waals surface area contributed by atoms with E-state index in [1.807, 2.05) is 0 Å². The van der Waals surface area contributed by atoms with Gasteiger partial charge in [-0.05, 0) is 6.07 Å². The Morgan fingerprint density at radius 1 is 1.69 bits per heavy atom. The second kappa shape index (κ2) is 7.91.